The summed E-state index contributed by atoms with van der Waals surface area (Å²) < 4.78 is 0. The number of piperidine rings is 1. The van der Waals surface area contributed by atoms with Crippen LogP contribution >= 0.6 is 0 Å². The van der Waals surface area contributed by atoms with Gasteiger partial charge >= 0.3 is 0 Å². The summed E-state index contributed by atoms with van der Waals surface area (Å²) in [5.74, 6) is 0.401. The van der Waals surface area contributed by atoms with E-state index < -0.39 is 0 Å². The van der Waals surface area contributed by atoms with Crippen LogP contribution in [-0.4, -0.2) is 36.3 Å². The second kappa shape index (κ2) is 8.67. The van der Waals surface area contributed by atoms with Crippen LogP contribution in [0.3, 0.4) is 0 Å². The predicted molar refractivity (Wildman–Crippen MR) is 102 cm³/mol. The summed E-state index contributed by atoms with van der Waals surface area (Å²) in [6.07, 6.45) is 7.05. The quantitative estimate of drug-likeness (QED) is 0.850. The number of hydrogen-bond donors (Lipinski definition) is 2. The second-order valence-electron chi connectivity index (χ2n) is 7.75. The lowest BCUT2D eigenvalue weighted by Gasteiger charge is -2.40. The Morgan fingerprint density at radius 2 is 1.88 bits per heavy atom. The molecule has 3 atom stereocenters. The number of carbonyl (C=O) groups is 2. The van der Waals surface area contributed by atoms with Gasteiger partial charge in [0.05, 0.1) is 12.0 Å². The number of nitrogens with two attached hydrogens (primary N) is 1. The van der Waals surface area contributed by atoms with E-state index in [1.807, 2.05) is 30.3 Å². The van der Waals surface area contributed by atoms with Crippen molar-refractivity contribution in [2.45, 2.75) is 57.0 Å². The predicted octanol–water partition coefficient (Wildman–Crippen LogP) is 2.62. The number of nitrogens with one attached hydrogen (secondary N) is 1. The lowest BCUT2D eigenvalue weighted by Crippen LogP contribution is -2.52. The highest BCUT2D eigenvalue weighted by atomic mass is 16.2. The van der Waals surface area contributed by atoms with E-state index >= 15 is 0 Å². The van der Waals surface area contributed by atoms with Gasteiger partial charge in [-0.05, 0) is 30.7 Å². The molecule has 3 rings (SSSR count). The molecule has 1 aliphatic heterocycles. The van der Waals surface area contributed by atoms with E-state index in [0.29, 0.717) is 25.3 Å². The molecule has 0 bridgehead atoms. The average molecular weight is 357 g/mol. The first kappa shape index (κ1) is 18.9. The highest BCUT2D eigenvalue weighted by Crippen LogP contribution is 2.36. The van der Waals surface area contributed by atoms with Crippen molar-refractivity contribution in [3.63, 3.8) is 0 Å². The molecule has 1 aromatic carbocycles. The molecule has 26 heavy (non-hydrogen) atoms. The van der Waals surface area contributed by atoms with E-state index in [4.69, 9.17) is 5.73 Å². The maximum Gasteiger partial charge on any atom is 0.225 e. The Balaban J connectivity index is 1.76. The first-order chi connectivity index (χ1) is 12.6. The third-order valence-corrected chi connectivity index (χ3v) is 6.14. The summed E-state index contributed by atoms with van der Waals surface area (Å²) in [6.45, 7) is 0.480. The van der Waals surface area contributed by atoms with Gasteiger partial charge in [0.1, 0.15) is 0 Å². The van der Waals surface area contributed by atoms with E-state index in [0.717, 1.165) is 18.4 Å². The van der Waals surface area contributed by atoms with E-state index in [2.05, 4.69) is 5.32 Å². The fraction of sp³-hybridized carbons (Fsp3) is 0.619. The monoisotopic (exact) mass is 357 g/mol. The molecule has 2 fully saturated rings. The van der Waals surface area contributed by atoms with Gasteiger partial charge in [0.2, 0.25) is 11.8 Å². The summed E-state index contributed by atoms with van der Waals surface area (Å²) in [6, 6.07) is 9.72. The second-order valence-corrected chi connectivity index (χ2v) is 7.75. The zero-order chi connectivity index (χ0) is 18.5. The maximum absolute atomic E-state index is 13.1. The van der Waals surface area contributed by atoms with E-state index in [-0.39, 0.29) is 29.8 Å². The lowest BCUT2D eigenvalue weighted by molar-refractivity contribution is -0.142. The fourth-order valence-electron chi connectivity index (χ4n) is 4.61. The van der Waals surface area contributed by atoms with E-state index in [1.165, 1.54) is 19.3 Å². The smallest absolute Gasteiger partial charge is 0.225 e. The first-order valence-electron chi connectivity index (χ1n) is 9.93. The summed E-state index contributed by atoms with van der Waals surface area (Å²) in [5, 5.41) is 3.24. The van der Waals surface area contributed by atoms with E-state index in [9.17, 15) is 9.59 Å². The molecular formula is C21H31N3O2. The van der Waals surface area contributed by atoms with Crippen LogP contribution in [0.4, 0.5) is 0 Å². The topological polar surface area (TPSA) is 75.4 Å². The number of hydrogen-bond acceptors (Lipinski definition) is 3. The summed E-state index contributed by atoms with van der Waals surface area (Å²) >= 11 is 0. The Kier molecular flexibility index (Phi) is 6.30. The van der Waals surface area contributed by atoms with Crippen LogP contribution in [-0.2, 0) is 9.59 Å². The van der Waals surface area contributed by atoms with Gasteiger partial charge in [-0.3, -0.25) is 9.59 Å². The summed E-state index contributed by atoms with van der Waals surface area (Å²) in [4.78, 5) is 27.1. The molecule has 1 saturated carbocycles. The van der Waals surface area contributed by atoms with Gasteiger partial charge in [-0.25, -0.2) is 0 Å². The van der Waals surface area contributed by atoms with Crippen LogP contribution in [0, 0.1) is 11.8 Å². The first-order valence-corrected chi connectivity index (χ1v) is 9.93. The zero-order valence-corrected chi connectivity index (χ0v) is 15.7. The van der Waals surface area contributed by atoms with Crippen LogP contribution < -0.4 is 11.1 Å². The van der Waals surface area contributed by atoms with Gasteiger partial charge in [0.15, 0.2) is 0 Å². The average Bonchev–Trinajstić information content (AvgIpc) is 2.69. The van der Waals surface area contributed by atoms with Gasteiger partial charge in [-0.15, -0.1) is 0 Å². The highest BCUT2D eigenvalue weighted by molar-refractivity contribution is 5.85. The number of amides is 2. The van der Waals surface area contributed by atoms with Crippen LogP contribution in [0.2, 0.25) is 0 Å². The van der Waals surface area contributed by atoms with Gasteiger partial charge in [-0.2, -0.15) is 0 Å². The summed E-state index contributed by atoms with van der Waals surface area (Å²) in [7, 11) is 1.81. The molecule has 2 amide bonds. The number of nitrogens with zero attached hydrogens (tertiary/aromatic N) is 1. The Morgan fingerprint density at radius 1 is 1.19 bits per heavy atom. The zero-order valence-electron chi connectivity index (χ0n) is 15.7. The van der Waals surface area contributed by atoms with Gasteiger partial charge in [0, 0.05) is 26.1 Å². The minimum Gasteiger partial charge on any atom is -0.352 e. The maximum atomic E-state index is 13.1. The molecule has 0 spiro atoms. The number of benzene rings is 1. The minimum absolute atomic E-state index is 0.0410. The molecular weight excluding hydrogens is 326 g/mol. The molecule has 5 heteroatoms. The molecule has 1 aliphatic carbocycles. The Bertz CT molecular complexity index is 613. The number of likely N-dealkylation sites (tertiary alicyclic amines) is 1. The molecule has 3 N–H and O–H groups in total. The third-order valence-electron chi connectivity index (χ3n) is 6.14. The Hall–Kier alpha value is -1.88. The van der Waals surface area contributed by atoms with Crippen molar-refractivity contribution in [1.82, 2.24) is 10.2 Å². The highest BCUT2D eigenvalue weighted by Gasteiger charge is 2.39. The van der Waals surface area contributed by atoms with Crippen molar-refractivity contribution in [3.8, 4) is 0 Å². The van der Waals surface area contributed by atoms with Crippen molar-refractivity contribution >= 4 is 11.8 Å². The van der Waals surface area contributed by atoms with Crippen molar-refractivity contribution in [3.05, 3.63) is 35.9 Å². The van der Waals surface area contributed by atoms with Gasteiger partial charge in [-0.1, -0.05) is 49.6 Å². The van der Waals surface area contributed by atoms with Crippen molar-refractivity contribution in [1.29, 1.82) is 0 Å². The fourth-order valence-corrected chi connectivity index (χ4v) is 4.61. The van der Waals surface area contributed by atoms with Gasteiger partial charge in [0.25, 0.3) is 0 Å². The molecule has 1 heterocycles. The molecule has 142 valence electrons. The van der Waals surface area contributed by atoms with Crippen LogP contribution in [0.1, 0.15) is 56.6 Å². The number of carbonyl (C=O) groups excluding carboxylic acids is 2. The molecule has 5 nitrogen and oxygen atoms in total. The van der Waals surface area contributed by atoms with Gasteiger partial charge < -0.3 is 16.0 Å². The third kappa shape index (κ3) is 4.09. The van der Waals surface area contributed by atoms with Crippen LogP contribution in [0.15, 0.2) is 30.3 Å². The molecule has 1 saturated heterocycles. The minimum atomic E-state index is -0.224. The number of rotatable bonds is 5. The molecule has 3 unspecified atom stereocenters. The molecule has 1 aromatic rings. The molecule has 0 radical (unpaired) electrons. The largest absolute Gasteiger partial charge is 0.352 e. The van der Waals surface area contributed by atoms with Crippen LogP contribution in [0.5, 0.6) is 0 Å². The molecule has 2 aliphatic rings. The van der Waals surface area contributed by atoms with E-state index in [1.54, 1.807) is 11.9 Å². The lowest BCUT2D eigenvalue weighted by atomic mass is 9.81. The van der Waals surface area contributed by atoms with Crippen molar-refractivity contribution in [2.24, 2.45) is 17.6 Å². The Morgan fingerprint density at radius 3 is 2.54 bits per heavy atom. The SMILES string of the molecule is CN1C(=O)CCC(C(=O)NC(CN)C2CCCCC2)C1c1ccccc1. The normalized spacial score (nSPS) is 25.8. The standard InChI is InChI=1S/C21H31N3O2/c1-24-19(25)13-12-17(20(24)16-10-6-3-7-11-16)21(26)23-18(14-22)15-8-4-2-5-9-15/h3,6-7,10-11,15,17-18,20H,2,4-5,8-9,12-14,22H2,1H3,(H,23,26). The molecule has 0 aromatic heterocycles. The summed E-state index contributed by atoms with van der Waals surface area (Å²) in [5.41, 5.74) is 7.02. The van der Waals surface area contributed by atoms with Crippen molar-refractivity contribution < 1.29 is 9.59 Å². The van der Waals surface area contributed by atoms with Crippen molar-refractivity contribution in [2.75, 3.05) is 13.6 Å². The van der Waals surface area contributed by atoms with Crippen LogP contribution in [0.25, 0.3) is 0 Å². The Labute approximate surface area is 156 Å².